The highest BCUT2D eigenvalue weighted by Gasteiger charge is 2.15. The van der Waals surface area contributed by atoms with Crippen molar-refractivity contribution in [1.29, 1.82) is 0 Å². The summed E-state index contributed by atoms with van der Waals surface area (Å²) >= 11 is 0. The molecule has 0 heterocycles. The molecule has 0 aromatic heterocycles. The predicted octanol–water partition coefficient (Wildman–Crippen LogP) is 1.83. The molecule has 0 radical (unpaired) electrons. The van der Waals surface area contributed by atoms with Crippen molar-refractivity contribution in [1.82, 2.24) is 4.72 Å². The zero-order valence-electron chi connectivity index (χ0n) is 12.7. The fraction of sp³-hybridized carbons (Fsp3) is 0.125. The molecule has 0 saturated carbocycles. The first-order chi connectivity index (χ1) is 11.3. The van der Waals surface area contributed by atoms with Gasteiger partial charge in [-0.05, 0) is 42.0 Å². The minimum Gasteiger partial charge on any atom is -0.326 e. The Balaban J connectivity index is 2.02. The predicted molar refractivity (Wildman–Crippen MR) is 86.2 cm³/mol. The first-order valence-corrected chi connectivity index (χ1v) is 8.42. The van der Waals surface area contributed by atoms with Crippen molar-refractivity contribution in [3.05, 3.63) is 59.9 Å². The second-order valence-electron chi connectivity index (χ2n) is 5.04. The molecular weight excluding hydrogens is 335 g/mol. The highest BCUT2D eigenvalue weighted by atomic mass is 32.2. The zero-order chi connectivity index (χ0) is 17.7. The number of anilines is 1. The third-order valence-corrected chi connectivity index (χ3v) is 4.45. The Morgan fingerprint density at radius 3 is 2.12 bits per heavy atom. The molecule has 2 aromatic rings. The standard InChI is InChI=1S/C16H15FN2O4S/c1-11(20)19-24(22,23)15-8-6-14(7-9-15)18-16(21)10-12-2-4-13(17)5-3-12/h2-9H,10H2,1H3,(H,18,21)(H,19,20). The van der Waals surface area contributed by atoms with Crippen LogP contribution in [0.2, 0.25) is 0 Å². The van der Waals surface area contributed by atoms with Crippen molar-refractivity contribution in [3.63, 3.8) is 0 Å². The number of halogens is 1. The van der Waals surface area contributed by atoms with E-state index in [0.29, 0.717) is 11.3 Å². The van der Waals surface area contributed by atoms with Gasteiger partial charge in [-0.15, -0.1) is 0 Å². The van der Waals surface area contributed by atoms with Crippen LogP contribution in [0.4, 0.5) is 10.1 Å². The van der Waals surface area contributed by atoms with Crippen LogP contribution in [0.3, 0.4) is 0 Å². The van der Waals surface area contributed by atoms with Gasteiger partial charge in [-0.1, -0.05) is 12.1 Å². The number of carbonyl (C=O) groups excluding carboxylic acids is 2. The van der Waals surface area contributed by atoms with Gasteiger partial charge in [0.25, 0.3) is 10.0 Å². The quantitative estimate of drug-likeness (QED) is 0.860. The van der Waals surface area contributed by atoms with Crippen LogP contribution in [0.5, 0.6) is 0 Å². The van der Waals surface area contributed by atoms with E-state index >= 15 is 0 Å². The van der Waals surface area contributed by atoms with Gasteiger partial charge in [-0.2, -0.15) is 0 Å². The Labute approximate surface area is 138 Å². The maximum absolute atomic E-state index is 12.8. The van der Waals surface area contributed by atoms with Crippen LogP contribution < -0.4 is 10.0 Å². The fourth-order valence-electron chi connectivity index (χ4n) is 1.96. The number of carbonyl (C=O) groups is 2. The average molecular weight is 350 g/mol. The molecule has 0 bridgehead atoms. The number of nitrogens with one attached hydrogen (secondary N) is 2. The lowest BCUT2D eigenvalue weighted by Gasteiger charge is -2.08. The number of hydrogen-bond donors (Lipinski definition) is 2. The zero-order valence-corrected chi connectivity index (χ0v) is 13.6. The maximum Gasteiger partial charge on any atom is 0.264 e. The topological polar surface area (TPSA) is 92.3 Å². The van der Waals surface area contributed by atoms with Gasteiger partial charge in [0.1, 0.15) is 5.82 Å². The average Bonchev–Trinajstić information content (AvgIpc) is 2.49. The van der Waals surface area contributed by atoms with Gasteiger partial charge >= 0.3 is 0 Å². The first kappa shape index (κ1) is 17.6. The van der Waals surface area contributed by atoms with Crippen molar-refractivity contribution in [2.24, 2.45) is 0 Å². The molecule has 0 unspecified atom stereocenters. The largest absolute Gasteiger partial charge is 0.326 e. The van der Waals surface area contributed by atoms with Gasteiger partial charge < -0.3 is 5.32 Å². The Hall–Kier alpha value is -2.74. The van der Waals surface area contributed by atoms with Gasteiger partial charge in [0.05, 0.1) is 11.3 Å². The molecule has 0 aliphatic heterocycles. The van der Waals surface area contributed by atoms with Gasteiger partial charge in [0, 0.05) is 12.6 Å². The summed E-state index contributed by atoms with van der Waals surface area (Å²) in [5.74, 6) is -1.39. The van der Waals surface area contributed by atoms with Crippen molar-refractivity contribution in [2.45, 2.75) is 18.2 Å². The first-order valence-electron chi connectivity index (χ1n) is 6.94. The van der Waals surface area contributed by atoms with E-state index in [2.05, 4.69) is 5.32 Å². The molecular formula is C16H15FN2O4S. The highest BCUT2D eigenvalue weighted by Crippen LogP contribution is 2.14. The second-order valence-corrected chi connectivity index (χ2v) is 6.72. The van der Waals surface area contributed by atoms with Crippen molar-refractivity contribution < 1.29 is 22.4 Å². The van der Waals surface area contributed by atoms with Gasteiger partial charge in [0.2, 0.25) is 11.8 Å². The summed E-state index contributed by atoms with van der Waals surface area (Å²) in [4.78, 5) is 22.7. The molecule has 0 aliphatic rings. The van der Waals surface area contributed by atoms with Gasteiger partial charge in [0.15, 0.2) is 0 Å². The smallest absolute Gasteiger partial charge is 0.264 e. The fourth-order valence-corrected chi connectivity index (χ4v) is 2.95. The number of rotatable bonds is 5. The van der Waals surface area contributed by atoms with E-state index in [1.807, 2.05) is 4.72 Å². The van der Waals surface area contributed by atoms with E-state index in [1.54, 1.807) is 0 Å². The second kappa shape index (κ2) is 7.22. The summed E-state index contributed by atoms with van der Waals surface area (Å²) in [5.41, 5.74) is 1.06. The lowest BCUT2D eigenvalue weighted by molar-refractivity contribution is -0.117. The molecule has 0 saturated heterocycles. The van der Waals surface area contributed by atoms with Crippen LogP contribution in [0.15, 0.2) is 53.4 Å². The van der Waals surface area contributed by atoms with Crippen molar-refractivity contribution >= 4 is 27.5 Å². The van der Waals surface area contributed by atoms with Gasteiger partial charge in [-0.3, -0.25) is 9.59 Å². The SMILES string of the molecule is CC(=O)NS(=O)(=O)c1ccc(NC(=O)Cc2ccc(F)cc2)cc1. The molecule has 2 N–H and O–H groups in total. The minimum absolute atomic E-state index is 0.0617. The number of hydrogen-bond acceptors (Lipinski definition) is 4. The summed E-state index contributed by atoms with van der Waals surface area (Å²) in [7, 11) is -3.91. The molecule has 24 heavy (non-hydrogen) atoms. The van der Waals surface area contributed by atoms with Crippen LogP contribution in [-0.4, -0.2) is 20.2 Å². The van der Waals surface area contributed by atoms with Crippen LogP contribution in [-0.2, 0) is 26.0 Å². The van der Waals surface area contributed by atoms with E-state index in [4.69, 9.17) is 0 Å². The summed E-state index contributed by atoms with van der Waals surface area (Å²) in [5, 5.41) is 2.61. The Morgan fingerprint density at radius 1 is 1.00 bits per heavy atom. The van der Waals surface area contributed by atoms with Crippen molar-refractivity contribution in [2.75, 3.05) is 5.32 Å². The molecule has 6 nitrogen and oxygen atoms in total. The van der Waals surface area contributed by atoms with E-state index in [9.17, 15) is 22.4 Å². The molecule has 0 aliphatic carbocycles. The number of benzene rings is 2. The molecule has 2 rings (SSSR count). The number of sulfonamides is 1. The van der Waals surface area contributed by atoms with Crippen LogP contribution in [0, 0.1) is 5.82 Å². The summed E-state index contributed by atoms with van der Waals surface area (Å²) in [6, 6.07) is 10.9. The lowest BCUT2D eigenvalue weighted by atomic mass is 10.1. The summed E-state index contributed by atoms with van der Waals surface area (Å²) in [6.07, 6.45) is 0.0617. The van der Waals surface area contributed by atoms with Crippen molar-refractivity contribution in [3.8, 4) is 0 Å². The Bertz CT molecular complexity index is 847. The normalized spacial score (nSPS) is 10.9. The number of amides is 2. The van der Waals surface area contributed by atoms with Crippen LogP contribution >= 0.6 is 0 Å². The third kappa shape index (κ3) is 4.88. The third-order valence-electron chi connectivity index (χ3n) is 3.00. The Morgan fingerprint density at radius 2 is 1.58 bits per heavy atom. The molecule has 8 heteroatoms. The van der Waals surface area contributed by atoms with Crippen LogP contribution in [0.25, 0.3) is 0 Å². The molecule has 0 spiro atoms. The summed E-state index contributed by atoms with van der Waals surface area (Å²) < 4.78 is 38.2. The monoisotopic (exact) mass is 350 g/mol. The summed E-state index contributed by atoms with van der Waals surface area (Å²) in [6.45, 7) is 1.10. The molecule has 2 amide bonds. The molecule has 0 fully saturated rings. The van der Waals surface area contributed by atoms with E-state index in [-0.39, 0.29) is 23.0 Å². The molecule has 0 atom stereocenters. The van der Waals surface area contributed by atoms with E-state index < -0.39 is 15.9 Å². The Kier molecular flexibility index (Phi) is 5.30. The lowest BCUT2D eigenvalue weighted by Crippen LogP contribution is -2.28. The highest BCUT2D eigenvalue weighted by molar-refractivity contribution is 7.90. The molecule has 126 valence electrons. The molecule has 2 aromatic carbocycles. The minimum atomic E-state index is -3.91. The van der Waals surface area contributed by atoms with Crippen LogP contribution in [0.1, 0.15) is 12.5 Å². The maximum atomic E-state index is 12.8. The van der Waals surface area contributed by atoms with Gasteiger partial charge in [-0.25, -0.2) is 17.5 Å². The van der Waals surface area contributed by atoms with E-state index in [1.165, 1.54) is 48.5 Å². The van der Waals surface area contributed by atoms with E-state index in [0.717, 1.165) is 6.92 Å².